The van der Waals surface area contributed by atoms with Gasteiger partial charge in [-0.15, -0.1) is 0 Å². The number of fused-ring (bicyclic) bond motifs is 6. The van der Waals surface area contributed by atoms with E-state index in [1.54, 1.807) is 0 Å². The number of nitrogens with zero attached hydrogens (tertiary/aromatic N) is 5. The van der Waals surface area contributed by atoms with Gasteiger partial charge < -0.3 is 4.90 Å². The van der Waals surface area contributed by atoms with Crippen molar-refractivity contribution >= 4 is 11.6 Å². The molecule has 4 saturated carbocycles. The minimum Gasteiger partial charge on any atom is -0.302 e. The summed E-state index contributed by atoms with van der Waals surface area (Å²) in [4.78, 5) is 23.3. The fourth-order valence-electron chi connectivity index (χ4n) is 10.9. The van der Waals surface area contributed by atoms with Gasteiger partial charge in [-0.05, 0) is 84.6 Å². The third-order valence-electron chi connectivity index (χ3n) is 12.5. The first-order chi connectivity index (χ1) is 23.3. The van der Waals surface area contributed by atoms with Gasteiger partial charge in [-0.3, -0.25) is 4.98 Å². The highest BCUT2D eigenvalue weighted by Crippen LogP contribution is 2.69. The lowest BCUT2D eigenvalue weighted by Crippen LogP contribution is -2.55. The molecule has 1 spiro atoms. The summed E-state index contributed by atoms with van der Waals surface area (Å²) in [7, 11) is 0. The lowest BCUT2D eigenvalue weighted by Gasteiger charge is -2.60. The molecule has 2 aromatic heterocycles. The van der Waals surface area contributed by atoms with E-state index >= 15 is 0 Å². The van der Waals surface area contributed by atoms with Crippen molar-refractivity contribution in [2.24, 2.45) is 23.7 Å². The van der Waals surface area contributed by atoms with Gasteiger partial charge in [0.25, 0.3) is 0 Å². The molecule has 7 aliphatic rings. The van der Waals surface area contributed by atoms with Crippen LogP contribution in [0.25, 0.3) is 33.9 Å². The van der Waals surface area contributed by atoms with E-state index in [2.05, 4.69) is 102 Å². The summed E-state index contributed by atoms with van der Waals surface area (Å²) < 4.78 is 0. The second-order valence-electron chi connectivity index (χ2n) is 14.7. The van der Waals surface area contributed by atoms with Crippen molar-refractivity contribution in [1.29, 1.82) is 0 Å². The van der Waals surface area contributed by atoms with Crippen LogP contribution < -0.4 is 4.90 Å². The average Bonchev–Trinajstić information content (AvgIpc) is 3.61. The molecule has 0 radical (unpaired) electrons. The van der Waals surface area contributed by atoms with Crippen molar-refractivity contribution in [3.05, 3.63) is 132 Å². The number of benzene rings is 3. The van der Waals surface area contributed by atoms with Gasteiger partial charge in [0.05, 0.1) is 11.7 Å². The van der Waals surface area contributed by atoms with Gasteiger partial charge in [0.1, 0.15) is 0 Å². The Hall–Kier alpha value is -4.90. The second-order valence-corrected chi connectivity index (χ2v) is 14.7. The van der Waals surface area contributed by atoms with Gasteiger partial charge in [0.2, 0.25) is 5.95 Å². The average molecular weight is 610 g/mol. The predicted octanol–water partition coefficient (Wildman–Crippen LogP) is 9.05. The molecule has 2 atom stereocenters. The minimum absolute atomic E-state index is 0.0481. The molecular formula is C42H35N5. The van der Waals surface area contributed by atoms with Crippen LogP contribution in [0.1, 0.15) is 54.8 Å². The molecule has 12 rings (SSSR count). The Kier molecular flexibility index (Phi) is 5.33. The van der Waals surface area contributed by atoms with E-state index in [0.29, 0.717) is 29.4 Å². The van der Waals surface area contributed by atoms with Crippen LogP contribution in [-0.2, 0) is 5.41 Å². The number of hydrogen-bond acceptors (Lipinski definition) is 5. The van der Waals surface area contributed by atoms with Gasteiger partial charge >= 0.3 is 0 Å². The summed E-state index contributed by atoms with van der Waals surface area (Å²) in [6.45, 7) is 0. The van der Waals surface area contributed by atoms with Crippen LogP contribution in [0.4, 0.5) is 11.6 Å². The molecule has 228 valence electrons. The highest BCUT2D eigenvalue weighted by atomic mass is 15.3. The molecule has 3 heterocycles. The third-order valence-corrected chi connectivity index (χ3v) is 12.5. The normalized spacial score (nSPS) is 30.0. The van der Waals surface area contributed by atoms with Crippen LogP contribution in [0.3, 0.4) is 0 Å². The summed E-state index contributed by atoms with van der Waals surface area (Å²) >= 11 is 0. The standard InChI is InChI=1S/C42H35N5/c1-2-10-27(11-3-1)39-44-40(46-41(45-39)47-36-16-8-5-13-32(36)33-14-6-9-17-37(33)47)28-23-34-31-12-4-7-15-35(31)42(38(34)43-24-28)29-19-25-18-26(21-29)22-30(42)20-25/h1-17,23-26,29-30,32,36H,18-22H2. The van der Waals surface area contributed by atoms with E-state index < -0.39 is 0 Å². The Morgan fingerprint density at radius 1 is 0.638 bits per heavy atom. The molecule has 5 heteroatoms. The van der Waals surface area contributed by atoms with Crippen LogP contribution >= 0.6 is 0 Å². The fourth-order valence-corrected chi connectivity index (χ4v) is 10.9. The summed E-state index contributed by atoms with van der Waals surface area (Å²) in [6.07, 6.45) is 17.8. The number of anilines is 2. The Morgan fingerprint density at radius 3 is 2.17 bits per heavy atom. The Morgan fingerprint density at radius 2 is 1.34 bits per heavy atom. The quantitative estimate of drug-likeness (QED) is 0.204. The van der Waals surface area contributed by atoms with E-state index in [1.807, 2.05) is 18.2 Å². The first-order valence-electron chi connectivity index (χ1n) is 17.4. The van der Waals surface area contributed by atoms with E-state index in [9.17, 15) is 0 Å². The number of para-hydroxylation sites is 1. The van der Waals surface area contributed by atoms with Crippen molar-refractivity contribution in [3.63, 3.8) is 0 Å². The Balaban J connectivity index is 1.10. The molecule has 4 fully saturated rings. The first-order valence-corrected chi connectivity index (χ1v) is 17.4. The molecule has 2 unspecified atom stereocenters. The van der Waals surface area contributed by atoms with Crippen molar-refractivity contribution < 1.29 is 0 Å². The molecule has 0 N–H and O–H groups in total. The molecule has 47 heavy (non-hydrogen) atoms. The summed E-state index contributed by atoms with van der Waals surface area (Å²) in [5, 5.41) is 0. The second kappa shape index (κ2) is 9.57. The molecule has 1 aliphatic heterocycles. The predicted molar refractivity (Wildman–Crippen MR) is 185 cm³/mol. The van der Waals surface area contributed by atoms with Crippen LogP contribution in [0.5, 0.6) is 0 Å². The zero-order valence-electron chi connectivity index (χ0n) is 26.2. The summed E-state index contributed by atoms with van der Waals surface area (Å²) in [6, 6.07) is 30.6. The fraction of sp³-hybridized carbons (Fsp3) is 0.286. The van der Waals surface area contributed by atoms with Crippen molar-refractivity contribution in [1.82, 2.24) is 19.9 Å². The highest BCUT2D eigenvalue weighted by Gasteiger charge is 2.62. The molecule has 3 aromatic carbocycles. The summed E-state index contributed by atoms with van der Waals surface area (Å²) in [5.41, 5.74) is 9.90. The van der Waals surface area contributed by atoms with Crippen LogP contribution in [0.15, 0.2) is 115 Å². The van der Waals surface area contributed by atoms with Crippen molar-refractivity contribution in [2.75, 3.05) is 4.90 Å². The minimum atomic E-state index is 0.0481. The first kappa shape index (κ1) is 26.2. The lowest BCUT2D eigenvalue weighted by molar-refractivity contribution is -0.0415. The molecule has 0 amide bonds. The SMILES string of the molecule is C1=CC2c3ccccc3N(c3nc(-c4ccccc4)nc(-c4cnc5c(c4)-c4ccccc4C54C5CC6CC(C5)CC4C6)n3)C2C=C1. The molecular weight excluding hydrogens is 574 g/mol. The smallest absolute Gasteiger partial charge is 0.234 e. The van der Waals surface area contributed by atoms with E-state index in [0.717, 1.165) is 28.7 Å². The molecule has 6 aliphatic carbocycles. The van der Waals surface area contributed by atoms with E-state index in [1.165, 1.54) is 60.1 Å². The Labute approximate surface area is 275 Å². The molecule has 4 bridgehead atoms. The van der Waals surface area contributed by atoms with Gasteiger partial charge in [-0.25, -0.2) is 4.98 Å². The number of allylic oxidation sites excluding steroid dienone is 2. The number of rotatable bonds is 3. The molecule has 5 nitrogen and oxygen atoms in total. The van der Waals surface area contributed by atoms with E-state index in [-0.39, 0.29) is 17.4 Å². The van der Waals surface area contributed by atoms with E-state index in [4.69, 9.17) is 19.9 Å². The largest absolute Gasteiger partial charge is 0.302 e. The number of hydrogen-bond donors (Lipinski definition) is 0. The maximum atomic E-state index is 5.45. The Bertz CT molecular complexity index is 2120. The topological polar surface area (TPSA) is 54.8 Å². The van der Waals surface area contributed by atoms with Crippen molar-refractivity contribution in [2.45, 2.75) is 49.5 Å². The molecule has 0 saturated heterocycles. The van der Waals surface area contributed by atoms with Gasteiger partial charge in [-0.2, -0.15) is 9.97 Å². The lowest BCUT2D eigenvalue weighted by atomic mass is 9.43. The molecule has 5 aromatic rings. The number of aromatic nitrogens is 4. The highest BCUT2D eigenvalue weighted by molar-refractivity contribution is 5.83. The maximum Gasteiger partial charge on any atom is 0.234 e. The number of pyridine rings is 1. The summed E-state index contributed by atoms with van der Waals surface area (Å²) in [5.74, 6) is 5.47. The van der Waals surface area contributed by atoms with Gasteiger partial charge in [0.15, 0.2) is 11.6 Å². The zero-order chi connectivity index (χ0) is 30.7. The maximum absolute atomic E-state index is 5.45. The van der Waals surface area contributed by atoms with Crippen molar-refractivity contribution in [3.8, 4) is 33.9 Å². The zero-order valence-corrected chi connectivity index (χ0v) is 26.2. The monoisotopic (exact) mass is 609 g/mol. The van der Waals surface area contributed by atoms with Crippen LogP contribution in [0, 0.1) is 23.7 Å². The van der Waals surface area contributed by atoms with Gasteiger partial charge in [0, 0.05) is 39.9 Å². The van der Waals surface area contributed by atoms with Crippen LogP contribution in [-0.4, -0.2) is 26.0 Å². The van der Waals surface area contributed by atoms with Gasteiger partial charge in [-0.1, -0.05) is 97.1 Å². The third kappa shape index (κ3) is 3.55. The van der Waals surface area contributed by atoms with Crippen LogP contribution in [0.2, 0.25) is 0 Å².